The SMILES string of the molecule is O=S([O-])O.[F-].[Na+]. The summed E-state index contributed by atoms with van der Waals surface area (Å²) in [6, 6.07) is 0. The zero-order valence-corrected chi connectivity index (χ0v) is 5.87. The normalized spacial score (nSPS) is 10.3. The maximum atomic E-state index is 8.56. The monoisotopic (exact) mass is 123 g/mol. The smallest absolute Gasteiger partial charge is 1.00 e. The summed E-state index contributed by atoms with van der Waals surface area (Å²) >= 11 is -2.86. The van der Waals surface area contributed by atoms with Gasteiger partial charge in [-0.25, -0.2) is 4.21 Å². The molecule has 0 spiro atoms. The Balaban J connectivity index is -0.0000000450. The van der Waals surface area contributed by atoms with Crippen molar-refractivity contribution in [2.24, 2.45) is 0 Å². The third-order valence-corrected chi connectivity index (χ3v) is 0. The summed E-state index contributed by atoms with van der Waals surface area (Å²) < 4.78 is 24.1. The van der Waals surface area contributed by atoms with Crippen molar-refractivity contribution >= 4 is 11.4 Å². The molecule has 1 unspecified atom stereocenters. The summed E-state index contributed by atoms with van der Waals surface area (Å²) in [7, 11) is 0. The van der Waals surface area contributed by atoms with E-state index >= 15 is 0 Å². The largest absolute Gasteiger partial charge is 1.00 e. The van der Waals surface area contributed by atoms with Crippen LogP contribution in [0.25, 0.3) is 0 Å². The fraction of sp³-hybridized carbons (Fsp3) is 0. The van der Waals surface area contributed by atoms with E-state index in [1.54, 1.807) is 0 Å². The van der Waals surface area contributed by atoms with Crippen molar-refractivity contribution in [3.8, 4) is 0 Å². The van der Waals surface area contributed by atoms with Crippen LogP contribution in [0.4, 0.5) is 0 Å². The number of hydrogen-bond acceptors (Lipinski definition) is 2. The fourth-order valence-electron chi connectivity index (χ4n) is 0. The maximum Gasteiger partial charge on any atom is 1.00 e. The first-order valence-corrected chi connectivity index (χ1v) is 1.55. The van der Waals surface area contributed by atoms with Gasteiger partial charge in [-0.05, 0) is 0 Å². The number of halogens is 1. The van der Waals surface area contributed by atoms with Crippen molar-refractivity contribution in [2.45, 2.75) is 0 Å². The molecule has 3 nitrogen and oxygen atoms in total. The minimum atomic E-state index is -2.86. The van der Waals surface area contributed by atoms with E-state index in [0.29, 0.717) is 0 Å². The van der Waals surface area contributed by atoms with Gasteiger partial charge in [0.1, 0.15) is 0 Å². The first-order valence-electron chi connectivity index (χ1n) is 0.516. The van der Waals surface area contributed by atoms with Crippen molar-refractivity contribution in [3.05, 3.63) is 0 Å². The summed E-state index contributed by atoms with van der Waals surface area (Å²) in [6.07, 6.45) is 0. The standard InChI is InChI=1S/FH.Na.H2O3S/c;;1-4(2)3/h1H;;(H2,1,2,3)/q;+1;/p-2. The van der Waals surface area contributed by atoms with Crippen molar-refractivity contribution in [1.29, 1.82) is 0 Å². The van der Waals surface area contributed by atoms with Crippen LogP contribution in [-0.2, 0) is 11.4 Å². The predicted octanol–water partition coefficient (Wildman–Crippen LogP) is -6.65. The Bertz CT molecular complexity index is 33.8. The van der Waals surface area contributed by atoms with Gasteiger partial charge in [0.2, 0.25) is 0 Å². The van der Waals surface area contributed by atoms with Crippen molar-refractivity contribution in [1.82, 2.24) is 0 Å². The Morgan fingerprint density at radius 1 is 1.67 bits per heavy atom. The second-order valence-corrected chi connectivity index (χ2v) is 0.651. The third-order valence-electron chi connectivity index (χ3n) is 0. The van der Waals surface area contributed by atoms with E-state index in [0.717, 1.165) is 0 Å². The third kappa shape index (κ3) is 80.0. The average Bonchev–Trinajstić information content (AvgIpc) is 0.811. The van der Waals surface area contributed by atoms with Crippen LogP contribution in [0.1, 0.15) is 0 Å². The van der Waals surface area contributed by atoms with Crippen molar-refractivity contribution < 1.29 is 47.6 Å². The molecule has 0 saturated carbocycles. The quantitative estimate of drug-likeness (QED) is 0.257. The van der Waals surface area contributed by atoms with Crippen LogP contribution in [0.5, 0.6) is 0 Å². The van der Waals surface area contributed by atoms with Gasteiger partial charge in [-0.1, -0.05) is 0 Å². The Labute approximate surface area is 58.9 Å². The van der Waals surface area contributed by atoms with Crippen LogP contribution in [0.2, 0.25) is 0 Å². The van der Waals surface area contributed by atoms with Crippen LogP contribution >= 0.6 is 0 Å². The molecule has 6 heteroatoms. The number of hydrogen-bond donors (Lipinski definition) is 1. The Hall–Kier alpha value is 1.00. The summed E-state index contributed by atoms with van der Waals surface area (Å²) in [6.45, 7) is 0. The molecule has 1 N–H and O–H groups in total. The zero-order valence-electron chi connectivity index (χ0n) is 3.05. The van der Waals surface area contributed by atoms with Crippen LogP contribution in [0, 0.1) is 0 Å². The van der Waals surface area contributed by atoms with Crippen molar-refractivity contribution in [2.75, 3.05) is 0 Å². The van der Waals surface area contributed by atoms with Gasteiger partial charge in [-0.2, -0.15) is 0 Å². The molecule has 0 amide bonds. The predicted molar refractivity (Wildman–Crippen MR) is 11.5 cm³/mol. The molecule has 0 aromatic rings. The second-order valence-electron chi connectivity index (χ2n) is 0.217. The molecular formula is HFNaO3S-. The molecule has 0 aromatic carbocycles. The molecule has 0 aliphatic rings. The van der Waals surface area contributed by atoms with Gasteiger partial charge in [0, 0.05) is 0 Å². The van der Waals surface area contributed by atoms with Gasteiger partial charge in [-0.15, -0.1) is 0 Å². The molecular weight excluding hydrogens is 122 g/mol. The van der Waals surface area contributed by atoms with E-state index in [1.807, 2.05) is 0 Å². The molecule has 0 aliphatic heterocycles. The Morgan fingerprint density at radius 3 is 1.67 bits per heavy atom. The molecule has 0 aliphatic carbocycles. The molecule has 34 valence electrons. The molecule has 6 heavy (non-hydrogen) atoms. The summed E-state index contributed by atoms with van der Waals surface area (Å²) in [5, 5.41) is 0. The van der Waals surface area contributed by atoms with Crippen molar-refractivity contribution in [3.63, 3.8) is 0 Å². The first-order chi connectivity index (χ1) is 1.73. The maximum absolute atomic E-state index is 8.56. The van der Waals surface area contributed by atoms with Crippen LogP contribution in [0.15, 0.2) is 0 Å². The summed E-state index contributed by atoms with van der Waals surface area (Å²) in [5.41, 5.74) is 0. The van der Waals surface area contributed by atoms with E-state index in [2.05, 4.69) is 0 Å². The molecule has 0 saturated heterocycles. The van der Waals surface area contributed by atoms with Gasteiger partial charge in [0.05, 0.1) is 11.4 Å². The fourth-order valence-corrected chi connectivity index (χ4v) is 0. The van der Waals surface area contributed by atoms with Crippen LogP contribution in [-0.4, -0.2) is 13.3 Å². The van der Waals surface area contributed by atoms with Gasteiger partial charge >= 0.3 is 29.6 Å². The Kier molecular flexibility index (Phi) is 24.6. The van der Waals surface area contributed by atoms with Crippen LogP contribution in [0.3, 0.4) is 0 Å². The first kappa shape index (κ1) is 15.8. The minimum Gasteiger partial charge on any atom is -1.00 e. The zero-order chi connectivity index (χ0) is 3.58. The summed E-state index contributed by atoms with van der Waals surface area (Å²) in [5.74, 6) is 0. The average molecular weight is 123 g/mol. The van der Waals surface area contributed by atoms with E-state index < -0.39 is 11.4 Å². The van der Waals surface area contributed by atoms with Crippen LogP contribution < -0.4 is 34.3 Å². The van der Waals surface area contributed by atoms with E-state index in [9.17, 15) is 0 Å². The molecule has 1 atom stereocenters. The van der Waals surface area contributed by atoms with E-state index in [4.69, 9.17) is 13.3 Å². The summed E-state index contributed by atoms with van der Waals surface area (Å²) in [4.78, 5) is 0. The molecule has 0 fully saturated rings. The van der Waals surface area contributed by atoms with Gasteiger partial charge in [-0.3, -0.25) is 0 Å². The van der Waals surface area contributed by atoms with E-state index in [-0.39, 0.29) is 34.3 Å². The Morgan fingerprint density at radius 2 is 1.67 bits per heavy atom. The molecule has 0 aromatic heterocycles. The molecule has 0 rings (SSSR count). The molecule has 0 radical (unpaired) electrons. The topological polar surface area (TPSA) is 60.4 Å². The van der Waals surface area contributed by atoms with Gasteiger partial charge < -0.3 is 13.8 Å². The van der Waals surface area contributed by atoms with Gasteiger partial charge in [0.15, 0.2) is 0 Å². The van der Waals surface area contributed by atoms with Gasteiger partial charge in [0.25, 0.3) is 0 Å². The second kappa shape index (κ2) is 9.38. The minimum absolute atomic E-state index is 0. The number of rotatable bonds is 0. The van der Waals surface area contributed by atoms with E-state index in [1.165, 1.54) is 0 Å². The molecule has 0 heterocycles. The molecule has 0 bridgehead atoms.